The molecule has 84 valence electrons. The van der Waals surface area contributed by atoms with Gasteiger partial charge in [0.2, 0.25) is 0 Å². The highest BCUT2D eigenvalue weighted by molar-refractivity contribution is 7.80. The zero-order valence-electron chi connectivity index (χ0n) is 9.04. The van der Waals surface area contributed by atoms with Crippen molar-refractivity contribution in [1.29, 1.82) is 0 Å². The molecule has 1 N–H and O–H groups in total. The van der Waals surface area contributed by atoms with Gasteiger partial charge in [0.05, 0.1) is 16.1 Å². The second-order valence-corrected chi connectivity index (χ2v) is 4.81. The van der Waals surface area contributed by atoms with Crippen molar-refractivity contribution in [2.75, 3.05) is 0 Å². The Morgan fingerprint density at radius 2 is 2.19 bits per heavy atom. The van der Waals surface area contributed by atoms with Crippen LogP contribution in [0.5, 0.6) is 0 Å². The molecule has 0 spiro atoms. The van der Waals surface area contributed by atoms with Gasteiger partial charge in [-0.3, -0.25) is 4.79 Å². The molecule has 0 saturated heterocycles. The van der Waals surface area contributed by atoms with E-state index in [9.17, 15) is 4.79 Å². The number of hydrogen-bond donors (Lipinski definition) is 2. The normalized spacial score (nSPS) is 10.7. The van der Waals surface area contributed by atoms with Gasteiger partial charge in [0, 0.05) is 4.90 Å². The van der Waals surface area contributed by atoms with E-state index in [1.807, 2.05) is 0 Å². The number of nitrogens with one attached hydrogen (secondary N) is 1. The number of amides is 1. The van der Waals surface area contributed by atoms with E-state index in [2.05, 4.69) is 23.9 Å². The van der Waals surface area contributed by atoms with E-state index in [0.717, 1.165) is 0 Å². The third-order valence-corrected chi connectivity index (χ3v) is 2.59. The maximum absolute atomic E-state index is 11.9. The first-order chi connectivity index (χ1) is 7.35. The van der Waals surface area contributed by atoms with E-state index in [4.69, 9.17) is 18.0 Å². The molecule has 1 amide bonds. The summed E-state index contributed by atoms with van der Waals surface area (Å²) in [5.74, 6) is 2.18. The van der Waals surface area contributed by atoms with Crippen LogP contribution in [0.1, 0.15) is 24.2 Å². The molecular formula is C12H12ClNOS. The lowest BCUT2D eigenvalue weighted by Crippen LogP contribution is -2.42. The smallest absolute Gasteiger partial charge is 0.253 e. The minimum atomic E-state index is -0.701. The number of thiol groups is 1. The summed E-state index contributed by atoms with van der Waals surface area (Å²) < 4.78 is 0. The molecule has 0 heterocycles. The maximum atomic E-state index is 11.9. The summed E-state index contributed by atoms with van der Waals surface area (Å²) in [5.41, 5.74) is -0.329. The van der Waals surface area contributed by atoms with E-state index in [-0.39, 0.29) is 5.91 Å². The van der Waals surface area contributed by atoms with E-state index < -0.39 is 5.54 Å². The van der Waals surface area contributed by atoms with Gasteiger partial charge < -0.3 is 5.32 Å². The Bertz CT molecular complexity index is 463. The number of carbonyl (C=O) groups excluding carboxylic acids is 1. The van der Waals surface area contributed by atoms with Crippen LogP contribution in [0.3, 0.4) is 0 Å². The van der Waals surface area contributed by atoms with Gasteiger partial charge in [-0.05, 0) is 32.0 Å². The summed E-state index contributed by atoms with van der Waals surface area (Å²) >= 11 is 10.1. The summed E-state index contributed by atoms with van der Waals surface area (Å²) in [6.07, 6.45) is 5.29. The zero-order chi connectivity index (χ0) is 12.3. The van der Waals surface area contributed by atoms with Crippen molar-refractivity contribution in [2.24, 2.45) is 0 Å². The van der Waals surface area contributed by atoms with Crippen molar-refractivity contribution in [3.63, 3.8) is 0 Å². The summed E-state index contributed by atoms with van der Waals surface area (Å²) in [5, 5.41) is 3.07. The minimum absolute atomic E-state index is 0.302. The van der Waals surface area contributed by atoms with Crippen LogP contribution >= 0.6 is 24.2 Å². The zero-order valence-corrected chi connectivity index (χ0v) is 10.7. The number of rotatable bonds is 2. The predicted octanol–water partition coefficient (Wildman–Crippen LogP) is 2.77. The monoisotopic (exact) mass is 253 g/mol. The first-order valence-corrected chi connectivity index (χ1v) is 5.47. The average Bonchev–Trinajstić information content (AvgIpc) is 2.21. The molecule has 0 radical (unpaired) electrons. The predicted molar refractivity (Wildman–Crippen MR) is 69.1 cm³/mol. The van der Waals surface area contributed by atoms with Gasteiger partial charge >= 0.3 is 0 Å². The molecule has 2 nitrogen and oxygen atoms in total. The molecule has 0 aromatic heterocycles. The Hall–Kier alpha value is -1.11. The minimum Gasteiger partial charge on any atom is -0.336 e. The average molecular weight is 254 g/mol. The van der Waals surface area contributed by atoms with E-state index >= 15 is 0 Å². The molecule has 0 aliphatic heterocycles. The second kappa shape index (κ2) is 4.82. The van der Waals surface area contributed by atoms with Gasteiger partial charge in [0.15, 0.2) is 0 Å². The van der Waals surface area contributed by atoms with Crippen molar-refractivity contribution in [3.8, 4) is 12.3 Å². The first-order valence-electron chi connectivity index (χ1n) is 4.64. The van der Waals surface area contributed by atoms with Crippen LogP contribution in [-0.2, 0) is 0 Å². The maximum Gasteiger partial charge on any atom is 0.253 e. The van der Waals surface area contributed by atoms with Crippen molar-refractivity contribution in [3.05, 3.63) is 28.8 Å². The number of hydrogen-bond acceptors (Lipinski definition) is 2. The molecule has 1 rings (SSSR count). The van der Waals surface area contributed by atoms with Crippen LogP contribution in [0.4, 0.5) is 0 Å². The summed E-state index contributed by atoms with van der Waals surface area (Å²) in [6.45, 7) is 3.48. The fourth-order valence-electron chi connectivity index (χ4n) is 1.07. The van der Waals surface area contributed by atoms with Gasteiger partial charge in [0.1, 0.15) is 0 Å². The molecule has 0 saturated carbocycles. The third kappa shape index (κ3) is 3.19. The van der Waals surface area contributed by atoms with Gasteiger partial charge in [-0.25, -0.2) is 0 Å². The number of carbonyl (C=O) groups is 1. The quantitative estimate of drug-likeness (QED) is 0.616. The highest BCUT2D eigenvalue weighted by Crippen LogP contribution is 2.20. The lowest BCUT2D eigenvalue weighted by Gasteiger charge is -2.20. The lowest BCUT2D eigenvalue weighted by molar-refractivity contribution is 0.0930. The van der Waals surface area contributed by atoms with E-state index in [0.29, 0.717) is 15.5 Å². The topological polar surface area (TPSA) is 29.1 Å². The first kappa shape index (κ1) is 13.0. The van der Waals surface area contributed by atoms with Crippen molar-refractivity contribution in [1.82, 2.24) is 5.32 Å². The number of halogens is 1. The number of terminal acetylenes is 1. The van der Waals surface area contributed by atoms with Crippen LogP contribution in [0, 0.1) is 12.3 Å². The lowest BCUT2D eigenvalue weighted by atomic mass is 10.1. The number of benzene rings is 1. The molecule has 0 aliphatic carbocycles. The van der Waals surface area contributed by atoms with Gasteiger partial charge in [-0.15, -0.1) is 19.1 Å². The summed E-state index contributed by atoms with van der Waals surface area (Å²) in [6, 6.07) is 4.95. The van der Waals surface area contributed by atoms with Crippen LogP contribution in [0.2, 0.25) is 5.02 Å². The molecule has 4 heteroatoms. The van der Waals surface area contributed by atoms with Gasteiger partial charge in [0.25, 0.3) is 5.91 Å². The Labute approximate surface area is 106 Å². The second-order valence-electron chi connectivity index (χ2n) is 3.89. The molecule has 1 aromatic rings. The largest absolute Gasteiger partial charge is 0.336 e. The Morgan fingerprint density at radius 3 is 2.75 bits per heavy atom. The Morgan fingerprint density at radius 1 is 1.56 bits per heavy atom. The molecule has 0 aliphatic rings. The van der Waals surface area contributed by atoms with Crippen molar-refractivity contribution in [2.45, 2.75) is 24.3 Å². The molecule has 1 aromatic carbocycles. The molecular weight excluding hydrogens is 242 g/mol. The molecule has 0 fully saturated rings. The Kier molecular flexibility index (Phi) is 3.90. The fraction of sp³-hybridized carbons (Fsp3) is 0.250. The van der Waals surface area contributed by atoms with Crippen LogP contribution < -0.4 is 5.32 Å². The van der Waals surface area contributed by atoms with Gasteiger partial charge in [-0.1, -0.05) is 17.5 Å². The molecule has 16 heavy (non-hydrogen) atoms. The van der Waals surface area contributed by atoms with Crippen molar-refractivity contribution >= 4 is 30.1 Å². The van der Waals surface area contributed by atoms with E-state index in [1.165, 1.54) is 0 Å². The van der Waals surface area contributed by atoms with E-state index in [1.54, 1.807) is 32.0 Å². The standard InChI is InChI=1S/C12H12ClNOS/c1-4-12(2,3)14-11(15)9-7-8(16)5-6-10(9)13/h1,5-7,16H,2-3H3,(H,14,15). The van der Waals surface area contributed by atoms with Crippen LogP contribution in [0.25, 0.3) is 0 Å². The fourth-order valence-corrected chi connectivity index (χ4v) is 1.48. The highest BCUT2D eigenvalue weighted by atomic mass is 35.5. The van der Waals surface area contributed by atoms with Crippen LogP contribution in [0.15, 0.2) is 23.1 Å². The molecule has 0 bridgehead atoms. The Balaban J connectivity index is 2.98. The third-order valence-electron chi connectivity index (χ3n) is 1.98. The SMILES string of the molecule is C#CC(C)(C)NC(=O)c1cc(S)ccc1Cl. The molecule has 0 unspecified atom stereocenters. The molecule has 0 atom stereocenters. The van der Waals surface area contributed by atoms with Gasteiger partial charge in [-0.2, -0.15) is 0 Å². The summed E-state index contributed by atoms with van der Waals surface area (Å²) in [4.78, 5) is 12.5. The highest BCUT2D eigenvalue weighted by Gasteiger charge is 2.19. The van der Waals surface area contributed by atoms with Crippen LogP contribution in [-0.4, -0.2) is 11.4 Å². The summed E-state index contributed by atoms with van der Waals surface area (Å²) in [7, 11) is 0. The van der Waals surface area contributed by atoms with Crippen molar-refractivity contribution < 1.29 is 4.79 Å².